The predicted octanol–water partition coefficient (Wildman–Crippen LogP) is 2.40. The normalized spacial score (nSPS) is 7.92. The Kier molecular flexibility index (Phi) is 4.33. The van der Waals surface area contributed by atoms with Crippen LogP contribution in [0.2, 0.25) is 0 Å². The van der Waals surface area contributed by atoms with Gasteiger partial charge < -0.3 is 4.74 Å². The molecule has 1 rings (SSSR count). The summed E-state index contributed by atoms with van der Waals surface area (Å²) in [6, 6.07) is 5.47. The maximum Gasteiger partial charge on any atom is 0.0743 e. The van der Waals surface area contributed by atoms with Crippen molar-refractivity contribution in [2.75, 3.05) is 7.11 Å². The van der Waals surface area contributed by atoms with Gasteiger partial charge in [0.25, 0.3) is 0 Å². The van der Waals surface area contributed by atoms with Crippen LogP contribution in [-0.2, 0) is 0 Å². The largest absolute Gasteiger partial charge is 0.523 e. The molecule has 0 saturated heterocycles. The molecule has 0 N–H and O–H groups in total. The minimum atomic E-state index is -0.337. The van der Waals surface area contributed by atoms with Gasteiger partial charge in [0.2, 0.25) is 0 Å². The summed E-state index contributed by atoms with van der Waals surface area (Å²) in [7, 11) is 1.47. The van der Waals surface area contributed by atoms with E-state index in [0.29, 0.717) is 10.2 Å². The van der Waals surface area contributed by atoms with Crippen molar-refractivity contribution in [3.8, 4) is 5.75 Å². The summed E-state index contributed by atoms with van der Waals surface area (Å²) in [5.74, 6) is 0.0660. The summed E-state index contributed by atoms with van der Waals surface area (Å²) in [5, 5.41) is 0. The van der Waals surface area contributed by atoms with Crippen LogP contribution >= 0.6 is 15.9 Å². The molecular weight excluding hydrogens is 717 g/mol. The van der Waals surface area contributed by atoms with E-state index in [-0.39, 0.29) is 5.82 Å². The third kappa shape index (κ3) is 1.99. The topological polar surface area (TPSA) is 9.23 Å². The SMILES string of the molecule is COc1[c-]cc(Br)c(F)c1.[No].[No]. The minimum Gasteiger partial charge on any atom is -0.523 e. The van der Waals surface area contributed by atoms with Crippen LogP contribution in [0, 0.1) is 11.9 Å². The molecule has 0 aliphatic rings. The van der Waals surface area contributed by atoms with Crippen LogP contribution in [-0.4, -0.2) is 7.11 Å². The fraction of sp³-hybridized carbons (Fsp3) is 0.143. The van der Waals surface area contributed by atoms with E-state index in [1.165, 1.54) is 19.2 Å². The molecule has 82 valence electrons. The number of methoxy groups -OCH3 is 1. The van der Waals surface area contributed by atoms with E-state index < -0.39 is 0 Å². The predicted molar refractivity (Wildman–Crippen MR) is 39.5 cm³/mol. The van der Waals surface area contributed by atoms with Crippen molar-refractivity contribution in [3.63, 3.8) is 0 Å². The molecule has 5 heteroatoms. The molecule has 1 aromatic rings. The zero-order chi connectivity index (χ0) is 7.56. The summed E-state index contributed by atoms with van der Waals surface area (Å²) in [6.45, 7) is 0. The van der Waals surface area contributed by atoms with E-state index >= 15 is 0 Å². The first kappa shape index (κ1) is 12.1. The van der Waals surface area contributed by atoms with E-state index in [9.17, 15) is 4.39 Å². The van der Waals surface area contributed by atoms with Crippen molar-refractivity contribution in [3.05, 3.63) is 28.5 Å². The van der Waals surface area contributed by atoms with Gasteiger partial charge in [0, 0.05) is 11.6 Å². The Morgan fingerprint density at radius 2 is 2.08 bits per heavy atom. The van der Waals surface area contributed by atoms with Crippen LogP contribution < -0.4 is 4.74 Å². The number of hydrogen-bond donors (Lipinski definition) is 0. The molecule has 0 radical (unpaired) electrons. The van der Waals surface area contributed by atoms with Gasteiger partial charge in [-0.15, -0.1) is 22.0 Å². The van der Waals surface area contributed by atoms with Crippen LogP contribution in [0.5, 0.6) is 5.75 Å². The Labute approximate surface area is 66.9 Å². The number of halogens is 2. The fourth-order valence-corrected chi connectivity index (χ4v) is 0.776. The fourth-order valence-electron chi connectivity index (χ4n) is 0.547. The summed E-state index contributed by atoms with van der Waals surface area (Å²) < 4.78 is 17.7. The molecule has 0 atom stereocenters. The van der Waals surface area contributed by atoms with Crippen LogP contribution in [0.4, 0.5) is 4.39 Å². The third-order valence-electron chi connectivity index (χ3n) is 1.05. The standard InChI is InChI=1S/C7H5BrFO.2No/c1-10-5-2-3-6(8)7(9)4-5;;/h3-4H,1H3;;/q-1;;. The van der Waals surface area contributed by atoms with E-state index in [2.05, 4.69) is 22.0 Å². The molecule has 1 aromatic carbocycles. The van der Waals surface area contributed by atoms with Crippen LogP contribution in [0.3, 0.4) is 0 Å². The second-order valence-electron chi connectivity index (χ2n) is 1.70. The molecule has 0 saturated carbocycles. The monoisotopic (exact) mass is 721 g/mol. The third-order valence-corrected chi connectivity index (χ3v) is 1.65. The van der Waals surface area contributed by atoms with Gasteiger partial charge in [0.05, 0.1) is 7.11 Å². The quantitative estimate of drug-likeness (QED) is 0.406. The van der Waals surface area contributed by atoms with Gasteiger partial charge in [0.1, 0.15) is 0 Å². The van der Waals surface area contributed by atoms with Crippen molar-refractivity contribution in [1.82, 2.24) is 0 Å². The summed E-state index contributed by atoms with van der Waals surface area (Å²) in [6.07, 6.45) is 0. The zero-order valence-corrected chi connectivity index (χ0v) is 11.9. The maximum atomic E-state index is 12.6. The van der Waals surface area contributed by atoms with Crippen molar-refractivity contribution >= 4 is 15.9 Å². The van der Waals surface area contributed by atoms with Gasteiger partial charge in [-0.1, -0.05) is 10.5 Å². The Balaban J connectivity index is 0. The number of ether oxygens (including phenoxy) is 1. The van der Waals surface area contributed by atoms with E-state index in [1.807, 2.05) is 0 Å². The van der Waals surface area contributed by atoms with Gasteiger partial charge in [-0.25, -0.2) is 4.39 Å². The maximum absolute atomic E-state index is 12.6. The molecule has 0 amide bonds. The molecule has 0 aromatic heterocycles. The molecule has 1 nitrogen and oxygen atoms in total. The number of rotatable bonds is 1. The van der Waals surface area contributed by atoms with Crippen molar-refractivity contribution in [1.29, 1.82) is 0 Å². The molecule has 0 aliphatic heterocycles. The second kappa shape index (κ2) is 4.28. The Bertz CT molecular complexity index is 245. The molecule has 0 fully saturated rings. The first-order valence-corrected chi connectivity index (χ1v) is 3.44. The van der Waals surface area contributed by atoms with Crippen LogP contribution in [0.1, 0.15) is 0 Å². The summed E-state index contributed by atoms with van der Waals surface area (Å²) in [4.78, 5) is 0. The van der Waals surface area contributed by atoms with Gasteiger partial charge in [0.15, 0.2) is 0 Å². The number of hydrogen-bond acceptors (Lipinski definition) is 1. The van der Waals surface area contributed by atoms with Crippen molar-refractivity contribution in [2.45, 2.75) is 0 Å². The Morgan fingerprint density at radius 1 is 1.50 bits per heavy atom. The first-order valence-electron chi connectivity index (χ1n) is 2.65. The van der Waals surface area contributed by atoms with Crippen LogP contribution in [0.25, 0.3) is 0 Å². The molecule has 0 unspecified atom stereocenters. The van der Waals surface area contributed by atoms with E-state index in [4.69, 9.17) is 4.74 Å². The van der Waals surface area contributed by atoms with Crippen molar-refractivity contribution < 1.29 is 9.13 Å². The average molecular weight is 722 g/mol. The van der Waals surface area contributed by atoms with Gasteiger partial charge in [-0.05, 0) is 0 Å². The van der Waals surface area contributed by atoms with E-state index in [1.54, 1.807) is 0 Å². The van der Waals surface area contributed by atoms with E-state index in [0.717, 1.165) is 0 Å². The zero-order valence-electron chi connectivity index (χ0n) is 5.85. The molecule has 12 heavy (non-hydrogen) atoms. The minimum absolute atomic E-state index is 0. The van der Waals surface area contributed by atoms with Gasteiger partial charge >= 0.3 is 0 Å². The molecule has 0 bridgehead atoms. The molecular formula is C7H5BrFNo2O-. The summed E-state index contributed by atoms with van der Waals surface area (Å²) >= 11 is 3.00. The molecule has 0 aliphatic carbocycles. The van der Waals surface area contributed by atoms with Gasteiger partial charge in [-0.3, -0.25) is 0 Å². The number of benzene rings is 1. The Morgan fingerprint density at radius 3 is 2.50 bits per heavy atom. The van der Waals surface area contributed by atoms with Crippen LogP contribution in [0.15, 0.2) is 16.6 Å². The molecule has 0 heterocycles. The van der Waals surface area contributed by atoms with Gasteiger partial charge in [-0.2, -0.15) is 6.07 Å². The second-order valence-corrected chi connectivity index (χ2v) is 2.55. The average Bonchev–Trinajstić information content (AvgIpc) is 1.95. The first-order chi connectivity index (χ1) is 4.74. The summed E-state index contributed by atoms with van der Waals surface area (Å²) in [5.41, 5.74) is 0. The Hall–Kier alpha value is -2.57. The smallest absolute Gasteiger partial charge is 0.0743 e. The molecule has 0 spiro atoms. The van der Waals surface area contributed by atoms with Crippen molar-refractivity contribution in [2.24, 2.45) is 0 Å².